The lowest BCUT2D eigenvalue weighted by Crippen LogP contribution is -2.52. The molecule has 3 amide bonds. The third-order valence-electron chi connectivity index (χ3n) is 5.60. The minimum Gasteiger partial charge on any atom is -0.382 e. The molecule has 0 unspecified atom stereocenters. The second kappa shape index (κ2) is 9.72. The molecule has 0 radical (unpaired) electrons. The molecule has 2 aliphatic heterocycles. The van der Waals surface area contributed by atoms with Gasteiger partial charge in [-0.1, -0.05) is 30.7 Å². The summed E-state index contributed by atoms with van der Waals surface area (Å²) in [6, 6.07) is 7.22. The van der Waals surface area contributed by atoms with Gasteiger partial charge >= 0.3 is 6.03 Å². The van der Waals surface area contributed by atoms with Crippen LogP contribution in [-0.4, -0.2) is 72.1 Å². The average molecular weight is 408 g/mol. The molecule has 0 bridgehead atoms. The van der Waals surface area contributed by atoms with Crippen LogP contribution in [0.1, 0.15) is 32.3 Å². The third kappa shape index (κ3) is 5.04. The molecule has 154 valence electrons. The Bertz CT molecular complexity index is 682. The van der Waals surface area contributed by atoms with Crippen LogP contribution in [0.5, 0.6) is 0 Å². The fourth-order valence-corrected chi connectivity index (χ4v) is 4.29. The molecule has 0 aromatic heterocycles. The van der Waals surface area contributed by atoms with Crippen molar-refractivity contribution in [1.82, 2.24) is 14.7 Å². The number of urea groups is 1. The van der Waals surface area contributed by atoms with Crippen molar-refractivity contribution >= 4 is 23.5 Å². The van der Waals surface area contributed by atoms with Gasteiger partial charge in [0.25, 0.3) is 5.91 Å². The summed E-state index contributed by atoms with van der Waals surface area (Å²) >= 11 is 5.93. The number of ether oxygens (including phenoxy) is 1. The zero-order valence-electron chi connectivity index (χ0n) is 16.8. The number of likely N-dealkylation sites (tertiary alicyclic amines) is 1. The number of imide groups is 1. The molecule has 0 aliphatic carbocycles. The Morgan fingerprint density at radius 1 is 1.21 bits per heavy atom. The Labute approximate surface area is 172 Å². The maximum absolute atomic E-state index is 12.9. The van der Waals surface area contributed by atoms with Crippen molar-refractivity contribution in [3.05, 3.63) is 34.9 Å². The van der Waals surface area contributed by atoms with Crippen molar-refractivity contribution in [2.45, 2.75) is 39.3 Å². The van der Waals surface area contributed by atoms with E-state index in [0.717, 1.165) is 51.3 Å². The molecular formula is C21H30ClN3O3. The summed E-state index contributed by atoms with van der Waals surface area (Å²) in [6.45, 7) is 9.10. The van der Waals surface area contributed by atoms with E-state index in [-0.39, 0.29) is 30.4 Å². The topological polar surface area (TPSA) is 53.1 Å². The maximum Gasteiger partial charge on any atom is 0.327 e. The third-order valence-corrected chi connectivity index (χ3v) is 5.85. The van der Waals surface area contributed by atoms with Gasteiger partial charge in [0.2, 0.25) is 0 Å². The van der Waals surface area contributed by atoms with Crippen LogP contribution in [0.4, 0.5) is 4.79 Å². The van der Waals surface area contributed by atoms with Gasteiger partial charge in [-0.2, -0.15) is 0 Å². The molecule has 3 rings (SSSR count). The molecule has 2 heterocycles. The van der Waals surface area contributed by atoms with Crippen LogP contribution in [-0.2, 0) is 16.1 Å². The molecule has 2 atom stereocenters. The minimum absolute atomic E-state index is 0.0154. The molecule has 6 nitrogen and oxygen atoms in total. The summed E-state index contributed by atoms with van der Waals surface area (Å²) in [6.07, 6.45) is 1.85. The summed E-state index contributed by atoms with van der Waals surface area (Å²) in [5.41, 5.74) is 0.976. The minimum atomic E-state index is -0.165. The van der Waals surface area contributed by atoms with E-state index >= 15 is 0 Å². The molecule has 1 aromatic rings. The van der Waals surface area contributed by atoms with Gasteiger partial charge < -0.3 is 14.5 Å². The second-order valence-corrected chi connectivity index (χ2v) is 8.15. The quantitative estimate of drug-likeness (QED) is 0.490. The van der Waals surface area contributed by atoms with E-state index in [4.69, 9.17) is 16.3 Å². The molecule has 0 saturated carbocycles. The summed E-state index contributed by atoms with van der Waals surface area (Å²) < 4.78 is 5.41. The smallest absolute Gasteiger partial charge is 0.327 e. The van der Waals surface area contributed by atoms with E-state index in [0.29, 0.717) is 11.6 Å². The highest BCUT2D eigenvalue weighted by Crippen LogP contribution is 2.27. The number of rotatable bonds is 8. The van der Waals surface area contributed by atoms with Crippen LogP contribution in [0.25, 0.3) is 0 Å². The van der Waals surface area contributed by atoms with E-state index in [9.17, 15) is 9.59 Å². The second-order valence-electron chi connectivity index (χ2n) is 7.71. The van der Waals surface area contributed by atoms with E-state index in [2.05, 4.69) is 11.8 Å². The highest BCUT2D eigenvalue weighted by atomic mass is 35.5. The van der Waals surface area contributed by atoms with Crippen molar-refractivity contribution in [2.24, 2.45) is 5.92 Å². The van der Waals surface area contributed by atoms with Crippen LogP contribution in [0, 0.1) is 5.92 Å². The molecular weight excluding hydrogens is 378 g/mol. The Morgan fingerprint density at radius 3 is 2.64 bits per heavy atom. The molecule has 28 heavy (non-hydrogen) atoms. The Hall–Kier alpha value is -1.63. The Kier molecular flexibility index (Phi) is 7.32. The first-order valence-corrected chi connectivity index (χ1v) is 10.5. The monoisotopic (exact) mass is 407 g/mol. The van der Waals surface area contributed by atoms with Crippen molar-refractivity contribution in [2.75, 3.05) is 39.4 Å². The highest BCUT2D eigenvalue weighted by Gasteiger charge is 2.43. The molecule has 7 heteroatoms. The number of amides is 3. The SMILES string of the molecule is CCOCCCN1CC[C@H](N2C(=O)CN(Cc3ccc(Cl)cc3)C2=O)[C@@H](C)C1. The number of nitrogens with zero attached hydrogens (tertiary/aromatic N) is 3. The first-order chi connectivity index (χ1) is 13.5. The summed E-state index contributed by atoms with van der Waals surface area (Å²) in [7, 11) is 0. The van der Waals surface area contributed by atoms with Crippen LogP contribution >= 0.6 is 11.6 Å². The molecule has 2 aliphatic rings. The molecule has 2 fully saturated rings. The molecule has 0 spiro atoms. The van der Waals surface area contributed by atoms with E-state index in [1.807, 2.05) is 19.1 Å². The maximum atomic E-state index is 12.9. The summed E-state index contributed by atoms with van der Waals surface area (Å²) in [5, 5.41) is 0.663. The summed E-state index contributed by atoms with van der Waals surface area (Å²) in [4.78, 5) is 31.1. The van der Waals surface area contributed by atoms with Gasteiger partial charge in [0, 0.05) is 50.5 Å². The molecule has 1 aromatic carbocycles. The highest BCUT2D eigenvalue weighted by molar-refractivity contribution is 6.30. The predicted octanol–water partition coefficient (Wildman–Crippen LogP) is 3.24. The Balaban J connectivity index is 1.55. The fraction of sp³-hybridized carbons (Fsp3) is 0.619. The van der Waals surface area contributed by atoms with Crippen LogP contribution in [0.3, 0.4) is 0 Å². The van der Waals surface area contributed by atoms with Crippen molar-refractivity contribution in [3.8, 4) is 0 Å². The van der Waals surface area contributed by atoms with E-state index in [1.54, 1.807) is 17.0 Å². The normalized spacial score (nSPS) is 23.7. The average Bonchev–Trinajstić information content (AvgIpc) is 2.94. The Morgan fingerprint density at radius 2 is 1.96 bits per heavy atom. The number of carbonyl (C=O) groups is 2. The lowest BCUT2D eigenvalue weighted by Gasteiger charge is -2.40. The number of carbonyl (C=O) groups excluding carboxylic acids is 2. The number of benzene rings is 1. The van der Waals surface area contributed by atoms with Gasteiger partial charge in [-0.15, -0.1) is 0 Å². The largest absolute Gasteiger partial charge is 0.382 e. The van der Waals surface area contributed by atoms with Gasteiger partial charge in [0.05, 0.1) is 0 Å². The molecule has 0 N–H and O–H groups in total. The van der Waals surface area contributed by atoms with Crippen molar-refractivity contribution in [3.63, 3.8) is 0 Å². The van der Waals surface area contributed by atoms with Crippen molar-refractivity contribution < 1.29 is 14.3 Å². The van der Waals surface area contributed by atoms with Crippen LogP contribution in [0.2, 0.25) is 5.02 Å². The van der Waals surface area contributed by atoms with Gasteiger partial charge in [0.1, 0.15) is 6.54 Å². The number of hydrogen-bond donors (Lipinski definition) is 0. The zero-order chi connectivity index (χ0) is 20.1. The lowest BCUT2D eigenvalue weighted by molar-refractivity contribution is -0.128. The number of halogens is 1. The van der Waals surface area contributed by atoms with Gasteiger partial charge in [0.15, 0.2) is 0 Å². The zero-order valence-corrected chi connectivity index (χ0v) is 17.5. The molecule has 2 saturated heterocycles. The van der Waals surface area contributed by atoms with Crippen LogP contribution in [0.15, 0.2) is 24.3 Å². The van der Waals surface area contributed by atoms with Gasteiger partial charge in [-0.25, -0.2) is 4.79 Å². The first-order valence-electron chi connectivity index (χ1n) is 10.1. The standard InChI is InChI=1S/C21H30ClN3O3/c1-3-28-12-4-10-23-11-9-19(16(2)13-23)25-20(26)15-24(21(25)27)14-17-5-7-18(22)8-6-17/h5-8,16,19H,3-4,9-15H2,1-2H3/t16-,19-/m0/s1. The van der Waals surface area contributed by atoms with E-state index in [1.165, 1.54) is 4.90 Å². The van der Waals surface area contributed by atoms with Gasteiger partial charge in [-0.3, -0.25) is 9.69 Å². The van der Waals surface area contributed by atoms with Crippen LogP contribution < -0.4 is 0 Å². The number of piperidine rings is 1. The fourth-order valence-electron chi connectivity index (χ4n) is 4.17. The number of hydrogen-bond acceptors (Lipinski definition) is 4. The van der Waals surface area contributed by atoms with Gasteiger partial charge in [-0.05, 0) is 43.4 Å². The predicted molar refractivity (Wildman–Crippen MR) is 109 cm³/mol. The lowest BCUT2D eigenvalue weighted by atomic mass is 9.92. The van der Waals surface area contributed by atoms with E-state index < -0.39 is 0 Å². The first kappa shape index (κ1) is 21.1. The summed E-state index contributed by atoms with van der Waals surface area (Å²) in [5.74, 6) is 0.185. The van der Waals surface area contributed by atoms with Crippen molar-refractivity contribution in [1.29, 1.82) is 0 Å².